The Hall–Kier alpha value is -2.23. The molecule has 0 aliphatic carbocycles. The van der Waals surface area contributed by atoms with Crippen LogP contribution in [0, 0.1) is 0 Å². The van der Waals surface area contributed by atoms with Crippen LogP contribution in [0.1, 0.15) is 16.1 Å². The number of furan rings is 1. The molecular weight excluding hydrogens is 328 g/mol. The predicted octanol–water partition coefficient (Wildman–Crippen LogP) is 5.93. The summed E-state index contributed by atoms with van der Waals surface area (Å²) in [6.07, 6.45) is 1.79. The van der Waals surface area contributed by atoms with Crippen LogP contribution in [0.25, 0.3) is 17.4 Å². The second-order valence-corrected chi connectivity index (χ2v) is 6.61. The zero-order chi connectivity index (χ0) is 15.8. The fraction of sp³-hybridized carbons (Fsp3) is 0. The van der Waals surface area contributed by atoms with E-state index in [1.165, 1.54) is 11.8 Å². The average Bonchev–Trinajstić information content (AvgIpc) is 3.14. The molecule has 4 heteroatoms. The van der Waals surface area contributed by atoms with Crippen molar-refractivity contribution in [3.05, 3.63) is 81.9 Å². The van der Waals surface area contributed by atoms with Crippen LogP contribution in [0.15, 0.2) is 74.9 Å². The van der Waals surface area contributed by atoms with Crippen LogP contribution in [0.4, 0.5) is 0 Å². The maximum absolute atomic E-state index is 12.4. The second-order valence-electron chi connectivity index (χ2n) is 5.12. The lowest BCUT2D eigenvalue weighted by molar-refractivity contribution is 0.104. The zero-order valence-corrected chi connectivity index (χ0v) is 13.5. The highest BCUT2D eigenvalue weighted by Crippen LogP contribution is 2.41. The summed E-state index contributed by atoms with van der Waals surface area (Å²) >= 11 is 7.66. The van der Waals surface area contributed by atoms with Gasteiger partial charge in [0.2, 0.25) is 5.78 Å². The average molecular weight is 339 g/mol. The van der Waals surface area contributed by atoms with Gasteiger partial charge in [0.25, 0.3) is 0 Å². The SMILES string of the molecule is O=C1C(=Cc2ccc(-c3ccccc3Cl)o2)Sc2ccccc21. The Labute approximate surface area is 142 Å². The summed E-state index contributed by atoms with van der Waals surface area (Å²) < 4.78 is 5.83. The molecule has 1 aliphatic rings. The van der Waals surface area contributed by atoms with Gasteiger partial charge in [0, 0.05) is 16.0 Å². The fourth-order valence-electron chi connectivity index (χ4n) is 2.50. The molecular formula is C19H11ClO2S. The largest absolute Gasteiger partial charge is 0.457 e. The molecule has 0 saturated carbocycles. The van der Waals surface area contributed by atoms with E-state index in [4.69, 9.17) is 16.0 Å². The maximum Gasteiger partial charge on any atom is 0.200 e. The minimum absolute atomic E-state index is 0.0429. The summed E-state index contributed by atoms with van der Waals surface area (Å²) in [4.78, 5) is 14.0. The van der Waals surface area contributed by atoms with Gasteiger partial charge in [-0.2, -0.15) is 0 Å². The van der Waals surface area contributed by atoms with Crippen molar-refractivity contribution in [3.63, 3.8) is 0 Å². The monoisotopic (exact) mass is 338 g/mol. The van der Waals surface area contributed by atoms with Gasteiger partial charge in [-0.05, 0) is 42.5 Å². The number of carbonyl (C=O) groups excluding carboxylic acids is 1. The van der Waals surface area contributed by atoms with E-state index < -0.39 is 0 Å². The van der Waals surface area contributed by atoms with Crippen molar-refractivity contribution in [2.45, 2.75) is 4.90 Å². The van der Waals surface area contributed by atoms with Gasteiger partial charge in [0.1, 0.15) is 11.5 Å². The molecule has 23 heavy (non-hydrogen) atoms. The van der Waals surface area contributed by atoms with Gasteiger partial charge < -0.3 is 4.42 Å². The van der Waals surface area contributed by atoms with E-state index in [9.17, 15) is 4.79 Å². The summed E-state index contributed by atoms with van der Waals surface area (Å²) in [6.45, 7) is 0. The first kappa shape index (κ1) is 14.4. The van der Waals surface area contributed by atoms with Crippen LogP contribution < -0.4 is 0 Å². The van der Waals surface area contributed by atoms with E-state index in [1.807, 2.05) is 60.7 Å². The van der Waals surface area contributed by atoms with Gasteiger partial charge in [-0.25, -0.2) is 0 Å². The Morgan fingerprint density at radius 2 is 1.65 bits per heavy atom. The lowest BCUT2D eigenvalue weighted by Gasteiger charge is -1.99. The highest BCUT2D eigenvalue weighted by molar-refractivity contribution is 8.04. The number of halogens is 1. The Bertz CT molecular complexity index is 940. The number of fused-ring (bicyclic) bond motifs is 1. The molecule has 0 fully saturated rings. The Morgan fingerprint density at radius 3 is 2.43 bits per heavy atom. The molecule has 2 nitrogen and oxygen atoms in total. The molecule has 0 N–H and O–H groups in total. The molecule has 0 saturated heterocycles. The molecule has 0 bridgehead atoms. The van der Waals surface area contributed by atoms with Crippen LogP contribution in [0.3, 0.4) is 0 Å². The molecule has 1 aromatic heterocycles. The smallest absolute Gasteiger partial charge is 0.200 e. The van der Waals surface area contributed by atoms with Crippen molar-refractivity contribution < 1.29 is 9.21 Å². The maximum atomic E-state index is 12.4. The first-order valence-corrected chi connectivity index (χ1v) is 8.30. The third-order valence-corrected chi connectivity index (χ3v) is 5.04. The number of Topliss-reactive ketones (excluding diaryl/α,β-unsaturated/α-hetero) is 1. The van der Waals surface area contributed by atoms with Gasteiger partial charge >= 0.3 is 0 Å². The normalized spacial score (nSPS) is 15.2. The molecule has 1 aliphatic heterocycles. The number of rotatable bonds is 2. The quantitative estimate of drug-likeness (QED) is 0.542. The van der Waals surface area contributed by atoms with E-state index in [0.29, 0.717) is 21.4 Å². The molecule has 3 aromatic rings. The molecule has 0 amide bonds. The van der Waals surface area contributed by atoms with Crippen LogP contribution in [0.5, 0.6) is 0 Å². The fourth-order valence-corrected chi connectivity index (χ4v) is 3.76. The van der Waals surface area contributed by atoms with Crippen molar-refractivity contribution in [2.75, 3.05) is 0 Å². The highest BCUT2D eigenvalue weighted by Gasteiger charge is 2.25. The molecule has 112 valence electrons. The van der Waals surface area contributed by atoms with Crippen molar-refractivity contribution in [2.24, 2.45) is 0 Å². The molecule has 4 rings (SSSR count). The summed E-state index contributed by atoms with van der Waals surface area (Å²) in [5.74, 6) is 1.38. The van der Waals surface area contributed by atoms with Crippen LogP contribution in [0.2, 0.25) is 5.02 Å². The number of hydrogen-bond donors (Lipinski definition) is 0. The minimum Gasteiger partial charge on any atom is -0.457 e. The highest BCUT2D eigenvalue weighted by atomic mass is 35.5. The second kappa shape index (κ2) is 5.76. The van der Waals surface area contributed by atoms with Crippen molar-refractivity contribution >= 4 is 35.2 Å². The van der Waals surface area contributed by atoms with E-state index in [2.05, 4.69) is 0 Å². The van der Waals surface area contributed by atoms with E-state index in [1.54, 1.807) is 6.08 Å². The first-order chi connectivity index (χ1) is 11.2. The lowest BCUT2D eigenvalue weighted by Crippen LogP contribution is -1.93. The molecule has 0 radical (unpaired) electrons. The number of allylic oxidation sites excluding steroid dienone is 1. The minimum atomic E-state index is 0.0429. The van der Waals surface area contributed by atoms with Crippen LogP contribution in [-0.4, -0.2) is 5.78 Å². The third kappa shape index (κ3) is 2.62. The van der Waals surface area contributed by atoms with Crippen molar-refractivity contribution in [1.29, 1.82) is 0 Å². The van der Waals surface area contributed by atoms with Crippen molar-refractivity contribution in [3.8, 4) is 11.3 Å². The zero-order valence-electron chi connectivity index (χ0n) is 12.0. The van der Waals surface area contributed by atoms with E-state index in [0.717, 1.165) is 16.0 Å². The van der Waals surface area contributed by atoms with Crippen LogP contribution in [-0.2, 0) is 0 Å². The number of carbonyl (C=O) groups is 1. The number of hydrogen-bond acceptors (Lipinski definition) is 3. The van der Waals surface area contributed by atoms with Gasteiger partial charge in [0.05, 0.1) is 9.93 Å². The Morgan fingerprint density at radius 1 is 0.913 bits per heavy atom. The van der Waals surface area contributed by atoms with Gasteiger partial charge in [-0.15, -0.1) is 0 Å². The van der Waals surface area contributed by atoms with Gasteiger partial charge in [-0.1, -0.05) is 47.6 Å². The Balaban J connectivity index is 1.67. The molecule has 0 atom stereocenters. The number of benzene rings is 2. The number of thioether (sulfide) groups is 1. The first-order valence-electron chi connectivity index (χ1n) is 7.10. The van der Waals surface area contributed by atoms with Gasteiger partial charge in [-0.3, -0.25) is 4.79 Å². The molecule has 2 aromatic carbocycles. The standard InChI is InChI=1S/C19H11ClO2S/c20-15-7-3-1-5-13(15)16-10-9-12(22-16)11-18-19(21)14-6-2-4-8-17(14)23-18/h1-11H. The molecule has 0 unspecified atom stereocenters. The van der Waals surface area contributed by atoms with Gasteiger partial charge in [0.15, 0.2) is 0 Å². The summed E-state index contributed by atoms with van der Waals surface area (Å²) in [5, 5.41) is 0.639. The molecule has 2 heterocycles. The number of ketones is 1. The predicted molar refractivity (Wildman–Crippen MR) is 93.8 cm³/mol. The lowest BCUT2D eigenvalue weighted by atomic mass is 10.1. The Kier molecular flexibility index (Phi) is 3.60. The molecule has 0 spiro atoms. The van der Waals surface area contributed by atoms with E-state index in [-0.39, 0.29) is 5.78 Å². The third-order valence-electron chi connectivity index (χ3n) is 3.61. The summed E-state index contributed by atoms with van der Waals surface area (Å²) in [6, 6.07) is 18.9. The van der Waals surface area contributed by atoms with E-state index >= 15 is 0 Å². The van der Waals surface area contributed by atoms with Crippen molar-refractivity contribution in [1.82, 2.24) is 0 Å². The summed E-state index contributed by atoms with van der Waals surface area (Å²) in [7, 11) is 0. The summed E-state index contributed by atoms with van der Waals surface area (Å²) in [5.41, 5.74) is 1.59. The van der Waals surface area contributed by atoms with Crippen LogP contribution >= 0.6 is 23.4 Å². The topological polar surface area (TPSA) is 30.2 Å².